The van der Waals surface area contributed by atoms with Crippen LogP contribution in [0, 0.1) is 20.8 Å². The molecule has 1 aromatic heterocycles. The number of ketones is 1. The highest BCUT2D eigenvalue weighted by Gasteiger charge is 2.12. The molecule has 2 aromatic rings. The number of benzene rings is 1. The van der Waals surface area contributed by atoms with Gasteiger partial charge in [0, 0.05) is 5.56 Å². The number of nitrogens with zero attached hydrogens (tertiary/aromatic N) is 2. The maximum absolute atomic E-state index is 12.1. The van der Waals surface area contributed by atoms with E-state index in [1.807, 2.05) is 39.0 Å². The first-order chi connectivity index (χ1) is 8.06. The standard InChI is InChI=1S/C13H14N2OS/c1-8-4-5-11(9(2)6-8)12(16)7-13-15-14-10(3)17-13/h4-6H,7H2,1-3H3. The molecule has 17 heavy (non-hydrogen) atoms. The van der Waals surface area contributed by atoms with Crippen LogP contribution in [0.4, 0.5) is 0 Å². The molecule has 0 spiro atoms. The molecule has 0 fully saturated rings. The predicted octanol–water partition coefficient (Wildman–Crippen LogP) is 2.89. The first kappa shape index (κ1) is 11.9. The minimum Gasteiger partial charge on any atom is -0.294 e. The molecule has 3 nitrogen and oxygen atoms in total. The first-order valence-electron chi connectivity index (χ1n) is 5.45. The van der Waals surface area contributed by atoms with Gasteiger partial charge < -0.3 is 0 Å². The SMILES string of the molecule is Cc1ccc(C(=O)Cc2nnc(C)s2)c(C)c1. The van der Waals surface area contributed by atoms with Crippen LogP contribution in [0.2, 0.25) is 0 Å². The van der Waals surface area contributed by atoms with Crippen LogP contribution in [0.15, 0.2) is 18.2 Å². The monoisotopic (exact) mass is 246 g/mol. The molecule has 0 aliphatic heterocycles. The molecule has 0 N–H and O–H groups in total. The molecule has 1 aromatic carbocycles. The Bertz CT molecular complexity index is 560. The number of Topliss-reactive ketones (excluding diaryl/α,β-unsaturated/α-hetero) is 1. The Morgan fingerprint density at radius 2 is 2.00 bits per heavy atom. The van der Waals surface area contributed by atoms with Crippen molar-refractivity contribution < 1.29 is 4.79 Å². The summed E-state index contributed by atoms with van der Waals surface area (Å²) >= 11 is 1.48. The van der Waals surface area contributed by atoms with Gasteiger partial charge in [-0.1, -0.05) is 23.8 Å². The molecule has 0 unspecified atom stereocenters. The van der Waals surface area contributed by atoms with Crippen molar-refractivity contribution in [2.45, 2.75) is 27.2 Å². The van der Waals surface area contributed by atoms with E-state index in [-0.39, 0.29) is 5.78 Å². The lowest BCUT2D eigenvalue weighted by Crippen LogP contribution is -2.05. The van der Waals surface area contributed by atoms with Crippen LogP contribution in [0.1, 0.15) is 31.5 Å². The summed E-state index contributed by atoms with van der Waals surface area (Å²) in [6.07, 6.45) is 0.343. The lowest BCUT2D eigenvalue weighted by atomic mass is 10.0. The van der Waals surface area contributed by atoms with Crippen molar-refractivity contribution in [1.29, 1.82) is 0 Å². The van der Waals surface area contributed by atoms with Gasteiger partial charge in [0.15, 0.2) is 5.78 Å². The zero-order valence-corrected chi connectivity index (χ0v) is 11.0. The Morgan fingerprint density at radius 3 is 2.59 bits per heavy atom. The van der Waals surface area contributed by atoms with E-state index in [9.17, 15) is 4.79 Å². The molecule has 0 radical (unpaired) electrons. The van der Waals surface area contributed by atoms with Crippen LogP contribution in [0.25, 0.3) is 0 Å². The molecular formula is C13H14N2OS. The van der Waals surface area contributed by atoms with E-state index in [1.54, 1.807) is 0 Å². The summed E-state index contributed by atoms with van der Waals surface area (Å²) in [7, 11) is 0. The van der Waals surface area contributed by atoms with Crippen LogP contribution in [-0.4, -0.2) is 16.0 Å². The van der Waals surface area contributed by atoms with Gasteiger partial charge in [0.25, 0.3) is 0 Å². The summed E-state index contributed by atoms with van der Waals surface area (Å²) < 4.78 is 0. The molecule has 0 saturated carbocycles. The van der Waals surface area contributed by atoms with Crippen molar-refractivity contribution in [3.8, 4) is 0 Å². The molecule has 1 heterocycles. The van der Waals surface area contributed by atoms with Crippen LogP contribution in [0.3, 0.4) is 0 Å². The van der Waals surface area contributed by atoms with Gasteiger partial charge in [-0.2, -0.15) is 0 Å². The molecule has 0 atom stereocenters. The Morgan fingerprint density at radius 1 is 1.24 bits per heavy atom. The summed E-state index contributed by atoms with van der Waals surface area (Å²) in [5, 5.41) is 9.57. The normalized spacial score (nSPS) is 10.5. The second-order valence-corrected chi connectivity index (χ2v) is 5.40. The molecule has 0 aliphatic rings. The fourth-order valence-electron chi connectivity index (χ4n) is 1.77. The van der Waals surface area contributed by atoms with Gasteiger partial charge in [-0.05, 0) is 26.3 Å². The number of carbonyl (C=O) groups excluding carboxylic acids is 1. The minimum absolute atomic E-state index is 0.110. The van der Waals surface area contributed by atoms with Crippen molar-refractivity contribution >= 4 is 17.1 Å². The largest absolute Gasteiger partial charge is 0.294 e. The summed E-state index contributed by atoms with van der Waals surface area (Å²) in [6.45, 7) is 5.88. The van der Waals surface area contributed by atoms with E-state index in [1.165, 1.54) is 16.9 Å². The van der Waals surface area contributed by atoms with Crippen molar-refractivity contribution in [2.75, 3.05) is 0 Å². The van der Waals surface area contributed by atoms with Gasteiger partial charge in [0.2, 0.25) is 0 Å². The maximum Gasteiger partial charge on any atom is 0.170 e. The predicted molar refractivity (Wildman–Crippen MR) is 68.6 cm³/mol. The summed E-state index contributed by atoms with van der Waals surface area (Å²) in [6, 6.07) is 5.88. The molecule has 0 amide bonds. The Labute approximate surface area is 105 Å². The third-order valence-corrected chi connectivity index (χ3v) is 3.40. The topological polar surface area (TPSA) is 42.9 Å². The van der Waals surface area contributed by atoms with E-state index in [0.29, 0.717) is 6.42 Å². The lowest BCUT2D eigenvalue weighted by molar-refractivity contribution is 0.0992. The van der Waals surface area contributed by atoms with Crippen LogP contribution < -0.4 is 0 Å². The quantitative estimate of drug-likeness (QED) is 0.782. The molecule has 88 valence electrons. The Hall–Kier alpha value is -1.55. The Balaban J connectivity index is 2.20. The minimum atomic E-state index is 0.110. The molecular weight excluding hydrogens is 232 g/mol. The average Bonchev–Trinajstić information content (AvgIpc) is 2.63. The van der Waals surface area contributed by atoms with Crippen molar-refractivity contribution in [1.82, 2.24) is 10.2 Å². The Kier molecular flexibility index (Phi) is 3.33. The van der Waals surface area contributed by atoms with Crippen LogP contribution >= 0.6 is 11.3 Å². The van der Waals surface area contributed by atoms with E-state index in [2.05, 4.69) is 10.2 Å². The average molecular weight is 246 g/mol. The van der Waals surface area contributed by atoms with Gasteiger partial charge in [-0.3, -0.25) is 4.79 Å². The van der Waals surface area contributed by atoms with E-state index >= 15 is 0 Å². The van der Waals surface area contributed by atoms with Gasteiger partial charge >= 0.3 is 0 Å². The number of rotatable bonds is 3. The van der Waals surface area contributed by atoms with Crippen molar-refractivity contribution in [3.63, 3.8) is 0 Å². The fraction of sp³-hybridized carbons (Fsp3) is 0.308. The van der Waals surface area contributed by atoms with Crippen LogP contribution in [0.5, 0.6) is 0 Å². The van der Waals surface area contributed by atoms with E-state index < -0.39 is 0 Å². The number of carbonyl (C=O) groups is 1. The fourth-order valence-corrected chi connectivity index (χ4v) is 2.48. The summed E-state index contributed by atoms with van der Waals surface area (Å²) in [5.41, 5.74) is 2.98. The van der Waals surface area contributed by atoms with Crippen molar-refractivity contribution in [3.05, 3.63) is 44.9 Å². The van der Waals surface area contributed by atoms with Gasteiger partial charge in [0.1, 0.15) is 10.0 Å². The smallest absolute Gasteiger partial charge is 0.170 e. The highest BCUT2D eigenvalue weighted by atomic mass is 32.1. The second kappa shape index (κ2) is 4.75. The summed E-state index contributed by atoms with van der Waals surface area (Å²) in [4.78, 5) is 12.1. The second-order valence-electron chi connectivity index (χ2n) is 4.13. The highest BCUT2D eigenvalue weighted by Crippen LogP contribution is 2.15. The molecule has 2 rings (SSSR count). The zero-order valence-electron chi connectivity index (χ0n) is 10.2. The van der Waals surface area contributed by atoms with E-state index in [0.717, 1.165) is 21.1 Å². The third-order valence-electron chi connectivity index (χ3n) is 2.56. The molecule has 4 heteroatoms. The highest BCUT2D eigenvalue weighted by molar-refractivity contribution is 7.11. The number of hydrogen-bond acceptors (Lipinski definition) is 4. The van der Waals surface area contributed by atoms with Crippen LogP contribution in [-0.2, 0) is 6.42 Å². The number of aryl methyl sites for hydroxylation is 3. The third kappa shape index (κ3) is 2.77. The van der Waals surface area contributed by atoms with Gasteiger partial charge in [-0.15, -0.1) is 21.5 Å². The van der Waals surface area contributed by atoms with Gasteiger partial charge in [0.05, 0.1) is 6.42 Å². The lowest BCUT2D eigenvalue weighted by Gasteiger charge is -2.04. The zero-order chi connectivity index (χ0) is 12.4. The maximum atomic E-state index is 12.1. The van der Waals surface area contributed by atoms with E-state index in [4.69, 9.17) is 0 Å². The van der Waals surface area contributed by atoms with Crippen molar-refractivity contribution in [2.24, 2.45) is 0 Å². The number of aromatic nitrogens is 2. The van der Waals surface area contributed by atoms with Gasteiger partial charge in [-0.25, -0.2) is 0 Å². The first-order valence-corrected chi connectivity index (χ1v) is 6.27. The molecule has 0 aliphatic carbocycles. The molecule has 0 bridgehead atoms. The number of hydrogen-bond donors (Lipinski definition) is 0. The molecule has 0 saturated heterocycles. The summed E-state index contributed by atoms with van der Waals surface area (Å²) in [5.74, 6) is 0.110.